The van der Waals surface area contributed by atoms with Gasteiger partial charge in [-0.15, -0.1) is 0 Å². The van der Waals surface area contributed by atoms with Crippen molar-refractivity contribution in [3.63, 3.8) is 0 Å². The van der Waals surface area contributed by atoms with Gasteiger partial charge in [-0.3, -0.25) is 4.98 Å². The van der Waals surface area contributed by atoms with Gasteiger partial charge < -0.3 is 14.8 Å². The number of ether oxygens (including phenoxy) is 2. The number of nitrogens with one attached hydrogen (secondary N) is 1. The molecule has 4 nitrogen and oxygen atoms in total. The molecule has 0 fully saturated rings. The normalized spacial score (nSPS) is 10.7. The fourth-order valence-electron chi connectivity index (χ4n) is 1.49. The van der Waals surface area contributed by atoms with E-state index in [9.17, 15) is 0 Å². The van der Waals surface area contributed by atoms with Crippen molar-refractivity contribution in [3.8, 4) is 0 Å². The first-order valence-corrected chi connectivity index (χ1v) is 6.01. The molecule has 0 aliphatic heterocycles. The average molecular weight is 238 g/mol. The van der Waals surface area contributed by atoms with E-state index < -0.39 is 0 Å². The third-order valence-electron chi connectivity index (χ3n) is 2.33. The molecular weight excluding hydrogens is 216 g/mol. The molecule has 96 valence electrons. The van der Waals surface area contributed by atoms with E-state index in [0.29, 0.717) is 13.2 Å². The van der Waals surface area contributed by atoms with Gasteiger partial charge in [-0.05, 0) is 31.0 Å². The zero-order valence-electron chi connectivity index (χ0n) is 10.7. The molecule has 0 bridgehead atoms. The molecule has 1 N–H and O–H groups in total. The van der Waals surface area contributed by atoms with E-state index in [1.807, 2.05) is 12.4 Å². The molecule has 17 heavy (non-hydrogen) atoms. The number of aryl methyl sites for hydroxylation is 1. The molecule has 0 aliphatic carbocycles. The van der Waals surface area contributed by atoms with Gasteiger partial charge in [-0.1, -0.05) is 6.07 Å². The Hall–Kier alpha value is -0.970. The van der Waals surface area contributed by atoms with Crippen molar-refractivity contribution in [1.82, 2.24) is 10.3 Å². The molecule has 1 aromatic rings. The molecular formula is C13H22N2O2. The summed E-state index contributed by atoms with van der Waals surface area (Å²) in [6.07, 6.45) is 4.78. The standard InChI is InChI=1S/C13H22N2O2/c1-12-8-13(11-15-9-12)10-14-4-3-5-17-7-6-16-2/h8-9,11,14H,3-7,10H2,1-2H3. The second kappa shape index (κ2) is 9.10. The van der Waals surface area contributed by atoms with E-state index in [0.717, 1.165) is 26.1 Å². The van der Waals surface area contributed by atoms with Crippen LogP contribution >= 0.6 is 0 Å². The van der Waals surface area contributed by atoms with Crippen molar-refractivity contribution < 1.29 is 9.47 Å². The monoisotopic (exact) mass is 238 g/mol. The van der Waals surface area contributed by atoms with Gasteiger partial charge in [0.2, 0.25) is 0 Å². The van der Waals surface area contributed by atoms with E-state index in [1.165, 1.54) is 11.1 Å². The lowest BCUT2D eigenvalue weighted by Crippen LogP contribution is -2.17. The Bertz CT molecular complexity index is 305. The minimum Gasteiger partial charge on any atom is -0.382 e. The zero-order valence-corrected chi connectivity index (χ0v) is 10.7. The van der Waals surface area contributed by atoms with Crippen LogP contribution in [-0.4, -0.2) is 38.5 Å². The van der Waals surface area contributed by atoms with Gasteiger partial charge in [-0.2, -0.15) is 0 Å². The molecule has 0 aliphatic rings. The summed E-state index contributed by atoms with van der Waals surface area (Å²) < 4.78 is 10.3. The Balaban J connectivity index is 1.97. The summed E-state index contributed by atoms with van der Waals surface area (Å²) in [4.78, 5) is 4.15. The van der Waals surface area contributed by atoms with Gasteiger partial charge in [0.15, 0.2) is 0 Å². The van der Waals surface area contributed by atoms with Crippen LogP contribution in [0.4, 0.5) is 0 Å². The number of methoxy groups -OCH3 is 1. The zero-order chi connectivity index (χ0) is 12.3. The summed E-state index contributed by atoms with van der Waals surface area (Å²) in [5, 5.41) is 3.37. The maximum atomic E-state index is 5.37. The number of aromatic nitrogens is 1. The lowest BCUT2D eigenvalue weighted by Gasteiger charge is -2.06. The summed E-state index contributed by atoms with van der Waals surface area (Å²) in [7, 11) is 1.68. The highest BCUT2D eigenvalue weighted by molar-refractivity contribution is 5.16. The van der Waals surface area contributed by atoms with Crippen LogP contribution < -0.4 is 5.32 Å². The van der Waals surface area contributed by atoms with Crippen molar-refractivity contribution in [2.45, 2.75) is 19.9 Å². The predicted octanol–water partition coefficient (Wildman–Crippen LogP) is 1.53. The number of hydrogen-bond acceptors (Lipinski definition) is 4. The lowest BCUT2D eigenvalue weighted by molar-refractivity contribution is 0.0695. The molecule has 0 spiro atoms. The van der Waals surface area contributed by atoms with Crippen LogP contribution in [0.2, 0.25) is 0 Å². The van der Waals surface area contributed by atoms with Crippen molar-refractivity contribution in [3.05, 3.63) is 29.6 Å². The minimum absolute atomic E-state index is 0.669. The summed E-state index contributed by atoms with van der Waals surface area (Å²) in [5.41, 5.74) is 2.43. The highest BCUT2D eigenvalue weighted by Gasteiger charge is 1.94. The van der Waals surface area contributed by atoms with Crippen molar-refractivity contribution >= 4 is 0 Å². The Labute approximate surface area is 103 Å². The molecule has 0 unspecified atom stereocenters. The average Bonchev–Trinajstić information content (AvgIpc) is 2.33. The van der Waals surface area contributed by atoms with Crippen molar-refractivity contribution in [2.24, 2.45) is 0 Å². The van der Waals surface area contributed by atoms with Crippen molar-refractivity contribution in [2.75, 3.05) is 33.5 Å². The summed E-state index contributed by atoms with van der Waals surface area (Å²) in [6, 6.07) is 2.15. The number of nitrogens with zero attached hydrogens (tertiary/aromatic N) is 1. The highest BCUT2D eigenvalue weighted by atomic mass is 16.5. The maximum Gasteiger partial charge on any atom is 0.0700 e. The summed E-state index contributed by atoms with van der Waals surface area (Å²) >= 11 is 0. The summed E-state index contributed by atoms with van der Waals surface area (Å²) in [6.45, 7) is 6.01. The Morgan fingerprint density at radius 3 is 2.88 bits per heavy atom. The maximum absolute atomic E-state index is 5.37. The third kappa shape index (κ3) is 7.05. The van der Waals surface area contributed by atoms with E-state index in [-0.39, 0.29) is 0 Å². The second-order valence-corrected chi connectivity index (χ2v) is 4.01. The molecule has 0 saturated heterocycles. The molecule has 0 saturated carbocycles. The first-order chi connectivity index (χ1) is 8.33. The first-order valence-electron chi connectivity index (χ1n) is 6.01. The number of rotatable bonds is 9. The van der Waals surface area contributed by atoms with Crippen LogP contribution in [0.15, 0.2) is 18.5 Å². The SMILES string of the molecule is COCCOCCCNCc1cncc(C)c1. The highest BCUT2D eigenvalue weighted by Crippen LogP contribution is 2.00. The largest absolute Gasteiger partial charge is 0.382 e. The van der Waals surface area contributed by atoms with Crippen LogP contribution in [0.1, 0.15) is 17.5 Å². The molecule has 1 heterocycles. The van der Waals surface area contributed by atoms with Gasteiger partial charge in [0.05, 0.1) is 13.2 Å². The smallest absolute Gasteiger partial charge is 0.0700 e. The molecule has 0 amide bonds. The van der Waals surface area contributed by atoms with Crippen LogP contribution in [-0.2, 0) is 16.0 Å². The number of pyridine rings is 1. The predicted molar refractivity (Wildman–Crippen MR) is 68.0 cm³/mol. The molecule has 1 rings (SSSR count). The molecule has 0 atom stereocenters. The third-order valence-corrected chi connectivity index (χ3v) is 2.33. The van der Waals surface area contributed by atoms with Gasteiger partial charge >= 0.3 is 0 Å². The van der Waals surface area contributed by atoms with Crippen LogP contribution in [0.3, 0.4) is 0 Å². The van der Waals surface area contributed by atoms with Gasteiger partial charge in [-0.25, -0.2) is 0 Å². The molecule has 0 radical (unpaired) electrons. The fourth-order valence-corrected chi connectivity index (χ4v) is 1.49. The van der Waals surface area contributed by atoms with Crippen LogP contribution in [0.5, 0.6) is 0 Å². The lowest BCUT2D eigenvalue weighted by atomic mass is 10.2. The Kier molecular flexibility index (Phi) is 7.54. The quantitative estimate of drug-likeness (QED) is 0.663. The van der Waals surface area contributed by atoms with Crippen LogP contribution in [0.25, 0.3) is 0 Å². The summed E-state index contributed by atoms with van der Waals surface area (Å²) in [5.74, 6) is 0. The van der Waals surface area contributed by atoms with E-state index in [2.05, 4.69) is 23.3 Å². The Morgan fingerprint density at radius 1 is 1.24 bits per heavy atom. The van der Waals surface area contributed by atoms with E-state index >= 15 is 0 Å². The van der Waals surface area contributed by atoms with Crippen molar-refractivity contribution in [1.29, 1.82) is 0 Å². The first kappa shape index (κ1) is 14.1. The minimum atomic E-state index is 0.669. The van der Waals surface area contributed by atoms with Gasteiger partial charge in [0.25, 0.3) is 0 Å². The molecule has 4 heteroatoms. The second-order valence-electron chi connectivity index (χ2n) is 4.01. The van der Waals surface area contributed by atoms with Gasteiger partial charge in [0.1, 0.15) is 0 Å². The van der Waals surface area contributed by atoms with Gasteiger partial charge in [0, 0.05) is 32.7 Å². The Morgan fingerprint density at radius 2 is 2.12 bits per heavy atom. The molecule has 1 aromatic heterocycles. The number of hydrogen-bond donors (Lipinski definition) is 1. The van der Waals surface area contributed by atoms with E-state index in [4.69, 9.17) is 9.47 Å². The topological polar surface area (TPSA) is 43.4 Å². The fraction of sp³-hybridized carbons (Fsp3) is 0.615. The molecule has 0 aromatic carbocycles. The van der Waals surface area contributed by atoms with E-state index in [1.54, 1.807) is 7.11 Å². The van der Waals surface area contributed by atoms with Crippen LogP contribution in [0, 0.1) is 6.92 Å².